The topological polar surface area (TPSA) is 171 Å². The molecule has 0 bridgehead atoms. The van der Waals surface area contributed by atoms with Crippen molar-refractivity contribution in [3.63, 3.8) is 0 Å². The number of benzene rings is 1. The lowest BCUT2D eigenvalue weighted by molar-refractivity contribution is -0.122. The molecule has 5 atom stereocenters. The van der Waals surface area contributed by atoms with E-state index in [1.807, 2.05) is 30.3 Å². The maximum absolute atomic E-state index is 11.8. The summed E-state index contributed by atoms with van der Waals surface area (Å²) in [6.07, 6.45) is 0.400. The van der Waals surface area contributed by atoms with E-state index in [0.29, 0.717) is 24.0 Å². The zero-order valence-corrected chi connectivity index (χ0v) is 18.3. The van der Waals surface area contributed by atoms with Gasteiger partial charge in [-0.15, -0.1) is 0 Å². The molecule has 0 spiro atoms. The van der Waals surface area contributed by atoms with Gasteiger partial charge in [0, 0.05) is 6.42 Å². The predicted octanol–water partition coefficient (Wildman–Crippen LogP) is -0.0146. The first-order valence-electron chi connectivity index (χ1n) is 11.0. The number of nitrogens with one attached hydrogen (secondary N) is 2. The lowest BCUT2D eigenvalue weighted by Crippen LogP contribution is -2.42. The minimum Gasteiger partial charge on any atom is -0.394 e. The normalized spacial score (nSPS) is 23.5. The van der Waals surface area contributed by atoms with Gasteiger partial charge < -0.3 is 36.3 Å². The van der Waals surface area contributed by atoms with Gasteiger partial charge in [0.25, 0.3) is 0 Å². The van der Waals surface area contributed by atoms with E-state index in [1.54, 1.807) is 11.5 Å². The summed E-state index contributed by atoms with van der Waals surface area (Å²) in [5.41, 5.74) is 7.92. The number of hydrogen-bond donors (Lipinski definition) is 6. The number of aromatic nitrogens is 4. The summed E-state index contributed by atoms with van der Waals surface area (Å²) in [5, 5.41) is 36.8. The van der Waals surface area contributed by atoms with Crippen molar-refractivity contribution in [2.75, 3.05) is 17.7 Å². The highest BCUT2D eigenvalue weighted by atomic mass is 16.3. The summed E-state index contributed by atoms with van der Waals surface area (Å²) in [6, 6.07) is 8.24. The minimum atomic E-state index is -1.12. The van der Waals surface area contributed by atoms with Crippen molar-refractivity contribution in [2.24, 2.45) is 0 Å². The molecule has 11 nitrogen and oxygen atoms in total. The number of nitrogens with zero attached hydrogens (tertiary/aromatic N) is 4. The second kappa shape index (κ2) is 9.69. The molecular weight excluding hydrogens is 426 g/mol. The zero-order chi connectivity index (χ0) is 23.5. The van der Waals surface area contributed by atoms with Crippen molar-refractivity contribution in [3.8, 4) is 0 Å². The van der Waals surface area contributed by atoms with Gasteiger partial charge in [-0.25, -0.2) is 4.98 Å². The molecule has 2 heterocycles. The molecule has 0 saturated heterocycles. The highest BCUT2D eigenvalue weighted by Gasteiger charge is 2.43. The van der Waals surface area contributed by atoms with Crippen LogP contribution in [0, 0.1) is 0 Å². The van der Waals surface area contributed by atoms with E-state index in [4.69, 9.17) is 5.73 Å². The Bertz CT molecular complexity index is 1110. The molecule has 1 aliphatic rings. The number of rotatable bonds is 8. The van der Waals surface area contributed by atoms with E-state index in [9.17, 15) is 20.1 Å². The van der Waals surface area contributed by atoms with Crippen molar-refractivity contribution >= 4 is 28.8 Å². The number of nitrogens with two attached hydrogens (primary N) is 1. The fraction of sp³-hybridized carbons (Fsp3) is 0.455. The first kappa shape index (κ1) is 22.9. The van der Waals surface area contributed by atoms with Gasteiger partial charge in [-0.3, -0.25) is 4.79 Å². The van der Waals surface area contributed by atoms with Crippen LogP contribution in [0.3, 0.4) is 0 Å². The number of amides is 1. The standard InChI is InChI=1S/C22H29N7O4/c1-2-16(31)26-14-9-15(19(33)18(14)32)29-11-24-17-20(23)27-22(28-21(17)29)25-13(10-30)8-12-6-4-3-5-7-12/h3-7,11,13-15,18-19,30,32-33H,2,8-10H2,1H3,(H,26,31)(H3,23,25,27,28)/t13-,14+,15?,18-,19+/m1/s1. The number of aliphatic hydroxyl groups is 3. The Balaban J connectivity index is 1.59. The van der Waals surface area contributed by atoms with Gasteiger partial charge in [0.2, 0.25) is 11.9 Å². The molecule has 4 rings (SSSR count). The van der Waals surface area contributed by atoms with E-state index in [-0.39, 0.29) is 36.7 Å². The van der Waals surface area contributed by atoms with Gasteiger partial charge in [0.15, 0.2) is 11.5 Å². The van der Waals surface area contributed by atoms with Crippen molar-refractivity contribution in [1.82, 2.24) is 24.8 Å². The number of imidazole rings is 1. The first-order chi connectivity index (χ1) is 15.9. The molecule has 1 saturated carbocycles. The van der Waals surface area contributed by atoms with E-state index < -0.39 is 24.3 Å². The maximum atomic E-state index is 11.8. The monoisotopic (exact) mass is 455 g/mol. The molecule has 0 radical (unpaired) electrons. The van der Waals surface area contributed by atoms with E-state index in [1.165, 1.54) is 6.33 Å². The third-order valence-corrected chi connectivity index (χ3v) is 6.00. The minimum absolute atomic E-state index is 0.137. The van der Waals surface area contributed by atoms with E-state index >= 15 is 0 Å². The molecule has 2 aromatic heterocycles. The van der Waals surface area contributed by atoms with Crippen molar-refractivity contribution in [2.45, 2.75) is 56.5 Å². The molecule has 11 heteroatoms. The number of carbonyl (C=O) groups excluding carboxylic acids is 1. The number of hydrogen-bond acceptors (Lipinski definition) is 9. The molecule has 33 heavy (non-hydrogen) atoms. The highest BCUT2D eigenvalue weighted by Crippen LogP contribution is 2.34. The Morgan fingerprint density at radius 1 is 1.24 bits per heavy atom. The Morgan fingerprint density at radius 2 is 2.00 bits per heavy atom. The van der Waals surface area contributed by atoms with Gasteiger partial charge in [0.1, 0.15) is 17.7 Å². The maximum Gasteiger partial charge on any atom is 0.227 e. The van der Waals surface area contributed by atoms with Gasteiger partial charge in [0.05, 0.1) is 31.1 Å². The smallest absolute Gasteiger partial charge is 0.227 e. The van der Waals surface area contributed by atoms with Crippen LogP contribution in [-0.2, 0) is 11.2 Å². The third-order valence-electron chi connectivity index (χ3n) is 6.00. The van der Waals surface area contributed by atoms with Crippen LogP contribution in [0.2, 0.25) is 0 Å². The molecule has 176 valence electrons. The second-order valence-corrected chi connectivity index (χ2v) is 8.28. The lowest BCUT2D eigenvalue weighted by Gasteiger charge is -2.19. The van der Waals surface area contributed by atoms with Gasteiger partial charge in [-0.1, -0.05) is 37.3 Å². The quantitative estimate of drug-likeness (QED) is 0.273. The molecule has 1 amide bonds. The predicted molar refractivity (Wildman–Crippen MR) is 122 cm³/mol. The van der Waals surface area contributed by atoms with Gasteiger partial charge in [-0.2, -0.15) is 9.97 Å². The molecule has 1 fully saturated rings. The van der Waals surface area contributed by atoms with Crippen molar-refractivity contribution < 1.29 is 20.1 Å². The summed E-state index contributed by atoms with van der Waals surface area (Å²) in [5.74, 6) is 0.177. The first-order valence-corrected chi connectivity index (χ1v) is 11.0. The second-order valence-electron chi connectivity index (χ2n) is 8.28. The molecule has 1 aliphatic carbocycles. The summed E-state index contributed by atoms with van der Waals surface area (Å²) in [6.45, 7) is 1.58. The number of anilines is 2. The Labute approximate surface area is 190 Å². The molecule has 3 aromatic rings. The fourth-order valence-electron chi connectivity index (χ4n) is 4.22. The summed E-state index contributed by atoms with van der Waals surface area (Å²) in [4.78, 5) is 24.9. The van der Waals surface area contributed by atoms with Gasteiger partial charge in [-0.05, 0) is 18.4 Å². The Morgan fingerprint density at radius 3 is 2.70 bits per heavy atom. The third kappa shape index (κ3) is 4.75. The van der Waals surface area contributed by atoms with E-state index in [0.717, 1.165) is 5.56 Å². The van der Waals surface area contributed by atoms with Crippen LogP contribution in [-0.4, -0.2) is 71.6 Å². The van der Waals surface area contributed by atoms with Crippen LogP contribution in [0.4, 0.5) is 11.8 Å². The number of fused-ring (bicyclic) bond motifs is 1. The SMILES string of the molecule is CCC(=O)N[C@H]1CC(n2cnc3c(N)nc(N[C@@H](CO)Cc4ccccc4)nc32)[C@H](O)[C@@H]1O. The average Bonchev–Trinajstić information content (AvgIpc) is 3.35. The summed E-state index contributed by atoms with van der Waals surface area (Å²) >= 11 is 0. The van der Waals surface area contributed by atoms with Crippen LogP contribution >= 0.6 is 0 Å². The lowest BCUT2D eigenvalue weighted by atomic mass is 10.1. The van der Waals surface area contributed by atoms with Crippen LogP contribution in [0.25, 0.3) is 11.2 Å². The average molecular weight is 456 g/mol. The molecule has 1 aromatic carbocycles. The highest BCUT2D eigenvalue weighted by molar-refractivity contribution is 5.83. The molecule has 7 N–H and O–H groups in total. The van der Waals surface area contributed by atoms with Gasteiger partial charge >= 0.3 is 0 Å². The van der Waals surface area contributed by atoms with Crippen molar-refractivity contribution in [3.05, 3.63) is 42.2 Å². The van der Waals surface area contributed by atoms with Crippen LogP contribution < -0.4 is 16.4 Å². The Kier molecular flexibility index (Phi) is 6.72. The summed E-state index contributed by atoms with van der Waals surface area (Å²) < 4.78 is 1.65. The van der Waals surface area contributed by atoms with E-state index in [2.05, 4.69) is 25.6 Å². The number of nitrogen functional groups attached to an aromatic ring is 1. The van der Waals surface area contributed by atoms with Crippen LogP contribution in [0.5, 0.6) is 0 Å². The fourth-order valence-corrected chi connectivity index (χ4v) is 4.22. The number of aliphatic hydroxyl groups excluding tert-OH is 3. The van der Waals surface area contributed by atoms with Crippen LogP contribution in [0.1, 0.15) is 31.4 Å². The molecule has 0 aliphatic heterocycles. The largest absolute Gasteiger partial charge is 0.394 e. The molecular formula is C22H29N7O4. The summed E-state index contributed by atoms with van der Waals surface area (Å²) in [7, 11) is 0. The number of carbonyl (C=O) groups is 1. The molecule has 1 unspecified atom stereocenters. The Hall–Kier alpha value is -3.28. The van der Waals surface area contributed by atoms with Crippen LogP contribution in [0.15, 0.2) is 36.7 Å². The van der Waals surface area contributed by atoms with Crippen molar-refractivity contribution in [1.29, 1.82) is 0 Å². The zero-order valence-electron chi connectivity index (χ0n) is 18.3.